The van der Waals surface area contributed by atoms with Crippen molar-refractivity contribution in [3.8, 4) is 22.3 Å². The first kappa shape index (κ1) is 49.4. The first-order chi connectivity index (χ1) is 26.9. The first-order valence-corrected chi connectivity index (χ1v) is 34.2. The predicted molar refractivity (Wildman–Crippen MR) is 261 cm³/mol. The Morgan fingerprint density at radius 3 is 1.19 bits per heavy atom. The Morgan fingerprint density at radius 1 is 0.561 bits per heavy atom. The summed E-state index contributed by atoms with van der Waals surface area (Å²) < 4.78 is 2.15. The third kappa shape index (κ3) is 15.2. The number of hydrogen-bond donors (Lipinski definition) is 0. The number of fused-ring (bicyclic) bond motifs is 2. The van der Waals surface area contributed by atoms with Gasteiger partial charge >= 0.3 is 37.9 Å². The van der Waals surface area contributed by atoms with Crippen molar-refractivity contribution in [2.75, 3.05) is 0 Å². The SMILES string of the molecule is CCCc1cc2c(-c3ccccc3CC(C)C)cccc2[cH-]1.CCCc1cc2c(-c3ccccc3CC(C)C)cccc2[cH-]1.[B]N([Si](C)(C)C)[Si](C)(C)C.[Cl][Zr+2][Cl]. The van der Waals surface area contributed by atoms with Crippen LogP contribution in [0.25, 0.3) is 43.8 Å². The van der Waals surface area contributed by atoms with Crippen LogP contribution < -0.4 is 0 Å². The van der Waals surface area contributed by atoms with E-state index < -0.39 is 37.3 Å². The van der Waals surface area contributed by atoms with Gasteiger partial charge in [-0.3, -0.25) is 0 Å². The van der Waals surface area contributed by atoms with Gasteiger partial charge in [0.25, 0.3) is 0 Å². The van der Waals surface area contributed by atoms with Gasteiger partial charge in [-0.15, -0.1) is 69.1 Å². The molecule has 0 unspecified atom stereocenters. The van der Waals surface area contributed by atoms with Crippen molar-refractivity contribution in [2.24, 2.45) is 11.8 Å². The third-order valence-corrected chi connectivity index (χ3v) is 16.9. The molecule has 7 heteroatoms. The summed E-state index contributed by atoms with van der Waals surface area (Å²) in [6, 6.07) is 40.7. The summed E-state index contributed by atoms with van der Waals surface area (Å²) in [7, 11) is 13.4. The van der Waals surface area contributed by atoms with Crippen LogP contribution in [0.1, 0.15) is 76.6 Å². The summed E-state index contributed by atoms with van der Waals surface area (Å²) in [6.07, 6.45) is 7.01. The van der Waals surface area contributed by atoms with E-state index in [0.29, 0.717) is 11.8 Å². The van der Waals surface area contributed by atoms with Crippen molar-refractivity contribution in [1.29, 1.82) is 0 Å². The predicted octanol–water partition coefficient (Wildman–Crippen LogP) is 16.2. The zero-order valence-electron chi connectivity index (χ0n) is 37.1. The van der Waals surface area contributed by atoms with Crippen molar-refractivity contribution in [1.82, 2.24) is 4.14 Å². The molecule has 0 bridgehead atoms. The Morgan fingerprint density at radius 2 is 0.895 bits per heavy atom. The molecule has 0 aliphatic rings. The Bertz CT molecular complexity index is 1940. The molecule has 0 heterocycles. The quantitative estimate of drug-likeness (QED) is 0.0873. The molecule has 0 aliphatic heterocycles. The van der Waals surface area contributed by atoms with Gasteiger partial charge in [-0.05, 0) is 59.8 Å². The molecular weight excluding hydrogens is 844 g/mol. The average Bonchev–Trinajstić information content (AvgIpc) is 3.75. The van der Waals surface area contributed by atoms with Gasteiger partial charge in [0, 0.05) is 0 Å². The molecule has 302 valence electrons. The zero-order valence-corrected chi connectivity index (χ0v) is 43.0. The fraction of sp³-hybridized carbons (Fsp3) is 0.400. The number of aryl methyl sites for hydroxylation is 2. The monoisotopic (exact) mass is 909 g/mol. The van der Waals surface area contributed by atoms with E-state index in [-0.39, 0.29) is 0 Å². The van der Waals surface area contributed by atoms with E-state index >= 15 is 0 Å². The number of rotatable bonds is 12. The van der Waals surface area contributed by atoms with Gasteiger partial charge < -0.3 is 4.14 Å². The normalized spacial score (nSPS) is 11.5. The van der Waals surface area contributed by atoms with Crippen molar-refractivity contribution in [2.45, 2.75) is 119 Å². The second kappa shape index (κ2) is 23.7. The maximum absolute atomic E-state index is 5.98. The van der Waals surface area contributed by atoms with Gasteiger partial charge in [-0.25, -0.2) is 0 Å². The van der Waals surface area contributed by atoms with Crippen LogP contribution in [-0.4, -0.2) is 28.6 Å². The standard InChI is InChI=1S/2C22H25.C6H18BNSi2.2ClH.Zr/c2*1-4-8-17-14-19-10-7-12-21(22(19)15-17)20-11-6-5-9-18(20)13-16(2)3;1-9(2,3)8(7)10(4,5)6;;;/h2*5-7,9-12,14-16H,4,8,13H2,1-3H3;1-6H3;2*1H;/q2*-1;;;;+4/p-2. The molecule has 0 saturated carbocycles. The Hall–Kier alpha value is -1.98. The molecule has 0 spiro atoms. The summed E-state index contributed by atoms with van der Waals surface area (Å²) in [4.78, 5) is 0. The molecule has 0 aliphatic carbocycles. The van der Waals surface area contributed by atoms with Gasteiger partial charge in [0.1, 0.15) is 16.5 Å². The van der Waals surface area contributed by atoms with Crippen LogP contribution in [0.5, 0.6) is 0 Å². The second-order valence-electron chi connectivity index (χ2n) is 18.1. The summed E-state index contributed by atoms with van der Waals surface area (Å²) in [5, 5.41) is 5.56. The molecule has 0 amide bonds. The topological polar surface area (TPSA) is 3.24 Å². The molecule has 57 heavy (non-hydrogen) atoms. The second-order valence-corrected chi connectivity index (χ2v) is 32.0. The van der Waals surface area contributed by atoms with Crippen molar-refractivity contribution < 1.29 is 20.8 Å². The molecule has 0 atom stereocenters. The van der Waals surface area contributed by atoms with Crippen LogP contribution in [-0.2, 0) is 46.5 Å². The number of benzene rings is 4. The summed E-state index contributed by atoms with van der Waals surface area (Å²) in [6.45, 7) is 27.4. The van der Waals surface area contributed by atoms with Gasteiger partial charge in [0.15, 0.2) is 7.98 Å². The average molecular weight is 912 g/mol. The minimum atomic E-state index is -1.22. The number of nitrogens with zero attached hydrogens (tertiary/aromatic N) is 1. The minimum absolute atomic E-state index is 0.677. The molecule has 0 saturated heterocycles. The van der Waals surface area contributed by atoms with E-state index in [2.05, 4.69) is 194 Å². The zero-order chi connectivity index (χ0) is 42.3. The van der Waals surface area contributed by atoms with Gasteiger partial charge in [0.05, 0.1) is 0 Å². The van der Waals surface area contributed by atoms with Crippen LogP contribution in [0.15, 0.2) is 109 Å². The van der Waals surface area contributed by atoms with Crippen molar-refractivity contribution in [3.63, 3.8) is 0 Å². The molecule has 6 rings (SSSR count). The van der Waals surface area contributed by atoms with Gasteiger partial charge in [-0.2, -0.15) is 12.1 Å². The Kier molecular flexibility index (Phi) is 20.5. The molecule has 6 aromatic carbocycles. The molecule has 6 aromatic rings. The van der Waals surface area contributed by atoms with Crippen LogP contribution in [0.2, 0.25) is 39.3 Å². The molecule has 0 fully saturated rings. The third-order valence-electron chi connectivity index (χ3n) is 10.0. The van der Waals surface area contributed by atoms with Crippen molar-refractivity contribution in [3.05, 3.63) is 131 Å². The molecular formula is C50H68BCl2NSi2Zr. The molecule has 0 aromatic heterocycles. The Balaban J connectivity index is 0.000000236. The van der Waals surface area contributed by atoms with E-state index in [1.54, 1.807) is 0 Å². The molecule has 2 radical (unpaired) electrons. The van der Waals surface area contributed by atoms with E-state index in [9.17, 15) is 0 Å². The summed E-state index contributed by atoms with van der Waals surface area (Å²) in [5.74, 6) is 1.35. The van der Waals surface area contributed by atoms with E-state index in [0.717, 1.165) is 12.8 Å². The van der Waals surface area contributed by atoms with Crippen LogP contribution in [0, 0.1) is 11.8 Å². The number of hydrogen-bond acceptors (Lipinski definition) is 1. The fourth-order valence-electron chi connectivity index (χ4n) is 7.74. The summed E-state index contributed by atoms with van der Waals surface area (Å²) in [5.41, 5.74) is 11.4. The Labute approximate surface area is 370 Å². The maximum atomic E-state index is 5.98. The summed E-state index contributed by atoms with van der Waals surface area (Å²) >= 11 is -0.826. The molecule has 1 nitrogen and oxygen atoms in total. The van der Waals surface area contributed by atoms with E-state index in [1.807, 2.05) is 0 Å². The molecule has 0 N–H and O–H groups in total. The van der Waals surface area contributed by atoms with Crippen LogP contribution in [0.3, 0.4) is 0 Å². The van der Waals surface area contributed by atoms with Gasteiger partial charge in [-0.1, -0.05) is 165 Å². The van der Waals surface area contributed by atoms with Crippen LogP contribution >= 0.6 is 17.0 Å². The number of halogens is 2. The van der Waals surface area contributed by atoms with Crippen molar-refractivity contribution >= 4 is 63.0 Å². The van der Waals surface area contributed by atoms with E-state index in [1.165, 1.54) is 91.7 Å². The van der Waals surface area contributed by atoms with Gasteiger partial charge in [0.2, 0.25) is 0 Å². The van der Waals surface area contributed by atoms with Crippen LogP contribution in [0.4, 0.5) is 0 Å². The first-order valence-electron chi connectivity index (χ1n) is 21.0. The van der Waals surface area contributed by atoms with E-state index in [4.69, 9.17) is 25.0 Å². The fourth-order valence-corrected chi connectivity index (χ4v) is 15.8.